The molecule has 1 radical (unpaired) electrons. The van der Waals surface area contributed by atoms with E-state index in [1.165, 1.54) is 0 Å². The Kier molecular flexibility index (Phi) is 15.3. The first-order valence-corrected chi connectivity index (χ1v) is 14.7. The van der Waals surface area contributed by atoms with Crippen LogP contribution in [0.3, 0.4) is 0 Å². The van der Waals surface area contributed by atoms with Crippen LogP contribution in [0.25, 0.3) is 0 Å². The van der Waals surface area contributed by atoms with E-state index >= 15 is 0 Å². The molecular formula is C39H33LaN3O6. The fraction of sp³-hybridized carbons (Fsp3) is 0. The molecule has 49 heavy (non-hydrogen) atoms. The summed E-state index contributed by atoms with van der Waals surface area (Å²) < 4.78 is 0. The minimum absolute atomic E-state index is 0. The Bertz CT molecular complexity index is 1720. The molecule has 0 aromatic heterocycles. The molecule has 0 spiro atoms. The third-order valence-electron chi connectivity index (χ3n) is 6.63. The van der Waals surface area contributed by atoms with Crippen LogP contribution in [-0.4, -0.2) is 33.2 Å². The van der Waals surface area contributed by atoms with Crippen molar-refractivity contribution in [1.82, 2.24) is 0 Å². The number of aromatic carboxylic acids is 3. The zero-order valence-corrected chi connectivity index (χ0v) is 29.9. The van der Waals surface area contributed by atoms with Crippen molar-refractivity contribution in [2.45, 2.75) is 0 Å². The van der Waals surface area contributed by atoms with E-state index in [1.54, 1.807) is 72.8 Å². The van der Waals surface area contributed by atoms with Crippen molar-refractivity contribution in [1.29, 1.82) is 0 Å². The van der Waals surface area contributed by atoms with Gasteiger partial charge in [0.2, 0.25) is 0 Å². The zero-order valence-electron chi connectivity index (χ0n) is 26.2. The Morgan fingerprint density at radius 2 is 0.531 bits per heavy atom. The van der Waals surface area contributed by atoms with Crippen molar-refractivity contribution >= 4 is 52.0 Å². The van der Waals surface area contributed by atoms with Gasteiger partial charge in [0, 0.05) is 52.7 Å². The van der Waals surface area contributed by atoms with Gasteiger partial charge in [0.1, 0.15) is 0 Å². The van der Waals surface area contributed by atoms with Crippen LogP contribution in [0.2, 0.25) is 0 Å². The number of hydrogen-bond donors (Lipinski definition) is 6. The van der Waals surface area contributed by atoms with Gasteiger partial charge in [-0.1, -0.05) is 91.0 Å². The van der Waals surface area contributed by atoms with Gasteiger partial charge in [-0.2, -0.15) is 0 Å². The maximum atomic E-state index is 11.0. The van der Waals surface area contributed by atoms with Gasteiger partial charge in [0.25, 0.3) is 0 Å². The van der Waals surface area contributed by atoms with Crippen LogP contribution in [0, 0.1) is 35.6 Å². The maximum Gasteiger partial charge on any atom is 0.337 e. The molecule has 0 saturated heterocycles. The molecule has 0 bridgehead atoms. The molecular weight excluding hydrogens is 745 g/mol. The largest absolute Gasteiger partial charge is 0.478 e. The molecule has 0 atom stereocenters. The molecule has 0 aliphatic carbocycles. The van der Waals surface area contributed by atoms with Crippen molar-refractivity contribution in [2.24, 2.45) is 0 Å². The molecule has 6 aromatic carbocycles. The molecule has 6 rings (SSSR count). The van der Waals surface area contributed by atoms with E-state index in [-0.39, 0.29) is 52.3 Å². The number of benzene rings is 6. The number of rotatable bonds is 9. The molecule has 0 aliphatic heterocycles. The molecule has 0 saturated carbocycles. The van der Waals surface area contributed by atoms with Crippen molar-refractivity contribution in [3.63, 3.8) is 0 Å². The summed E-state index contributed by atoms with van der Waals surface area (Å²) in [7, 11) is 0. The summed E-state index contributed by atoms with van der Waals surface area (Å²) in [6.07, 6.45) is 0. The first kappa shape index (κ1) is 37.8. The van der Waals surface area contributed by atoms with Crippen LogP contribution < -0.4 is 16.0 Å². The first-order valence-electron chi connectivity index (χ1n) is 14.7. The fourth-order valence-electron chi connectivity index (χ4n) is 4.37. The smallest absolute Gasteiger partial charge is 0.337 e. The molecule has 6 aromatic rings. The van der Waals surface area contributed by atoms with Gasteiger partial charge in [-0.15, -0.1) is 0 Å². The van der Waals surface area contributed by atoms with Gasteiger partial charge in [-0.05, 0) is 72.8 Å². The van der Waals surface area contributed by atoms with E-state index in [9.17, 15) is 14.4 Å². The van der Waals surface area contributed by atoms with Crippen molar-refractivity contribution in [3.05, 3.63) is 180 Å². The van der Waals surface area contributed by atoms with Crippen molar-refractivity contribution in [3.8, 4) is 0 Å². The Morgan fingerprint density at radius 1 is 0.327 bits per heavy atom. The summed E-state index contributed by atoms with van der Waals surface area (Å²) >= 11 is 0. The third kappa shape index (κ3) is 12.1. The van der Waals surface area contributed by atoms with E-state index in [0.29, 0.717) is 17.1 Å². The van der Waals surface area contributed by atoms with Crippen LogP contribution in [0.4, 0.5) is 34.1 Å². The van der Waals surface area contributed by atoms with Crippen LogP contribution >= 0.6 is 0 Å². The SMILES string of the molecule is O=C(O)c1ccccc1Nc1ccccc1.O=C(O)c1ccccc1Nc1ccccc1.O=C(O)c1ccccc1Nc1ccccc1.[La]. The van der Waals surface area contributed by atoms with Gasteiger partial charge < -0.3 is 31.3 Å². The second-order valence-corrected chi connectivity index (χ2v) is 10.0. The van der Waals surface area contributed by atoms with E-state index in [4.69, 9.17) is 15.3 Å². The van der Waals surface area contributed by atoms with Crippen molar-refractivity contribution in [2.75, 3.05) is 16.0 Å². The standard InChI is InChI=1S/3C13H11NO2.La/c3*15-13(16)11-8-4-5-9-12(11)14-10-6-2-1-3-7-10;/h3*1-9,14H,(H,15,16);. The summed E-state index contributed by atoms with van der Waals surface area (Å²) in [5.74, 6) is -2.79. The number of carboxylic acids is 3. The molecule has 0 aliphatic rings. The van der Waals surface area contributed by atoms with Gasteiger partial charge >= 0.3 is 17.9 Å². The predicted molar refractivity (Wildman–Crippen MR) is 189 cm³/mol. The molecule has 6 N–H and O–H groups in total. The second-order valence-electron chi connectivity index (χ2n) is 10.0. The second kappa shape index (κ2) is 19.9. The Morgan fingerprint density at radius 3 is 0.755 bits per heavy atom. The molecule has 0 unspecified atom stereocenters. The minimum atomic E-state index is -0.931. The number of nitrogens with one attached hydrogen (secondary N) is 3. The summed E-state index contributed by atoms with van der Waals surface area (Å²) in [6, 6.07) is 48.9. The average molecular weight is 779 g/mol. The fourth-order valence-corrected chi connectivity index (χ4v) is 4.37. The van der Waals surface area contributed by atoms with Gasteiger partial charge in [-0.3, -0.25) is 0 Å². The predicted octanol–water partition coefficient (Wildman–Crippen LogP) is 9.39. The number of para-hydroxylation sites is 6. The maximum absolute atomic E-state index is 11.0. The third-order valence-corrected chi connectivity index (χ3v) is 6.63. The van der Waals surface area contributed by atoms with Gasteiger partial charge in [0.15, 0.2) is 0 Å². The van der Waals surface area contributed by atoms with Crippen LogP contribution in [0.15, 0.2) is 164 Å². The molecule has 243 valence electrons. The van der Waals surface area contributed by atoms with Gasteiger partial charge in [-0.25, -0.2) is 14.4 Å². The number of anilines is 6. The normalized spacial score (nSPS) is 9.55. The Hall–Kier alpha value is -5.68. The molecule has 10 heteroatoms. The number of carbonyl (C=O) groups is 3. The summed E-state index contributed by atoms with van der Waals surface area (Å²) in [4.78, 5) is 32.9. The average Bonchev–Trinajstić information content (AvgIpc) is 3.11. The topological polar surface area (TPSA) is 148 Å². The van der Waals surface area contributed by atoms with E-state index in [1.807, 2.05) is 91.0 Å². The summed E-state index contributed by atoms with van der Waals surface area (Å²) in [5.41, 5.74) is 5.22. The van der Waals surface area contributed by atoms with Crippen LogP contribution in [-0.2, 0) is 0 Å². The van der Waals surface area contributed by atoms with Crippen molar-refractivity contribution < 1.29 is 65.3 Å². The quantitative estimate of drug-likeness (QED) is 0.0845. The summed E-state index contributed by atoms with van der Waals surface area (Å²) in [6.45, 7) is 0. The Balaban J connectivity index is 0.000000197. The van der Waals surface area contributed by atoms with E-state index in [0.717, 1.165) is 17.1 Å². The van der Waals surface area contributed by atoms with E-state index in [2.05, 4.69) is 16.0 Å². The van der Waals surface area contributed by atoms with E-state index < -0.39 is 17.9 Å². The number of hydrogen-bond acceptors (Lipinski definition) is 6. The molecule has 0 amide bonds. The molecule has 9 nitrogen and oxygen atoms in total. The molecule has 0 heterocycles. The number of carboxylic acid groups (broad SMARTS) is 3. The summed E-state index contributed by atoms with van der Waals surface area (Å²) in [5, 5.41) is 36.2. The molecule has 0 fully saturated rings. The minimum Gasteiger partial charge on any atom is -0.478 e. The van der Waals surface area contributed by atoms with Crippen LogP contribution in [0.1, 0.15) is 31.1 Å². The Labute approximate surface area is 311 Å². The monoisotopic (exact) mass is 778 g/mol. The zero-order chi connectivity index (χ0) is 34.1. The van der Waals surface area contributed by atoms with Crippen LogP contribution in [0.5, 0.6) is 0 Å². The first-order chi connectivity index (χ1) is 23.3. The van der Waals surface area contributed by atoms with Gasteiger partial charge in [0.05, 0.1) is 33.8 Å².